The summed E-state index contributed by atoms with van der Waals surface area (Å²) in [6.45, 7) is 10.2. The lowest BCUT2D eigenvalue weighted by atomic mass is 10.0. The summed E-state index contributed by atoms with van der Waals surface area (Å²) in [6.07, 6.45) is 0.718. The molecule has 0 spiro atoms. The second kappa shape index (κ2) is 4.84. The molecule has 112 valence electrons. The first kappa shape index (κ1) is 15.0. The van der Waals surface area contributed by atoms with Crippen molar-refractivity contribution in [1.82, 2.24) is 10.1 Å². The molecule has 1 fully saturated rings. The van der Waals surface area contributed by atoms with E-state index in [0.717, 1.165) is 6.42 Å². The Morgan fingerprint density at radius 2 is 2.15 bits per heavy atom. The average Bonchev–Trinajstić information content (AvgIpc) is 2.76. The first-order valence-corrected chi connectivity index (χ1v) is 6.98. The van der Waals surface area contributed by atoms with Crippen LogP contribution in [0.1, 0.15) is 58.7 Å². The maximum Gasteiger partial charge on any atom is 0.307 e. The topological polar surface area (TPSA) is 85.5 Å². The van der Waals surface area contributed by atoms with Gasteiger partial charge in [-0.2, -0.15) is 4.98 Å². The molecule has 0 bridgehead atoms. The van der Waals surface area contributed by atoms with Crippen LogP contribution in [0.4, 0.5) is 0 Å². The van der Waals surface area contributed by atoms with E-state index in [9.17, 15) is 9.90 Å². The standard InChI is InChI=1S/C14H22N2O4/c1-6-14(5,19-7-2)12-15-10(20-16-12)8-9(11(17)18)13(8,3)4/h8-9H,6-7H2,1-5H3,(H,17,18). The van der Waals surface area contributed by atoms with Crippen molar-refractivity contribution < 1.29 is 19.2 Å². The third-order valence-corrected chi connectivity index (χ3v) is 4.41. The highest BCUT2D eigenvalue weighted by Gasteiger charge is 2.65. The predicted molar refractivity (Wildman–Crippen MR) is 71.2 cm³/mol. The highest BCUT2D eigenvalue weighted by molar-refractivity contribution is 5.77. The van der Waals surface area contributed by atoms with Crippen molar-refractivity contribution in [1.29, 1.82) is 0 Å². The number of carbonyl (C=O) groups is 1. The van der Waals surface area contributed by atoms with E-state index in [0.29, 0.717) is 18.3 Å². The third kappa shape index (κ3) is 2.22. The Hall–Kier alpha value is -1.43. The van der Waals surface area contributed by atoms with E-state index in [4.69, 9.17) is 9.26 Å². The normalized spacial score (nSPS) is 27.1. The fraction of sp³-hybridized carbons (Fsp3) is 0.786. The molecule has 1 aromatic heterocycles. The molecule has 20 heavy (non-hydrogen) atoms. The van der Waals surface area contributed by atoms with Crippen molar-refractivity contribution in [2.75, 3.05) is 6.61 Å². The van der Waals surface area contributed by atoms with Crippen molar-refractivity contribution in [3.63, 3.8) is 0 Å². The van der Waals surface area contributed by atoms with Crippen LogP contribution < -0.4 is 0 Å². The minimum Gasteiger partial charge on any atom is -0.481 e. The van der Waals surface area contributed by atoms with Gasteiger partial charge in [-0.15, -0.1) is 0 Å². The van der Waals surface area contributed by atoms with Crippen LogP contribution in [-0.4, -0.2) is 27.8 Å². The largest absolute Gasteiger partial charge is 0.481 e. The van der Waals surface area contributed by atoms with Gasteiger partial charge in [0.1, 0.15) is 5.60 Å². The fourth-order valence-electron chi connectivity index (χ4n) is 2.78. The molecule has 1 aliphatic rings. The Kier molecular flexibility index (Phi) is 3.62. The fourth-order valence-corrected chi connectivity index (χ4v) is 2.78. The molecular weight excluding hydrogens is 260 g/mol. The van der Waals surface area contributed by atoms with Crippen molar-refractivity contribution in [3.8, 4) is 0 Å². The van der Waals surface area contributed by atoms with Gasteiger partial charge in [0.15, 0.2) is 0 Å². The van der Waals surface area contributed by atoms with Crippen LogP contribution in [0.5, 0.6) is 0 Å². The van der Waals surface area contributed by atoms with E-state index in [2.05, 4.69) is 10.1 Å². The molecule has 1 aliphatic carbocycles. The maximum absolute atomic E-state index is 11.2. The lowest BCUT2D eigenvalue weighted by molar-refractivity contribution is -0.139. The van der Waals surface area contributed by atoms with Gasteiger partial charge in [-0.05, 0) is 25.7 Å². The van der Waals surface area contributed by atoms with Crippen LogP contribution in [0.25, 0.3) is 0 Å². The smallest absolute Gasteiger partial charge is 0.307 e. The van der Waals surface area contributed by atoms with Gasteiger partial charge < -0.3 is 14.4 Å². The van der Waals surface area contributed by atoms with E-state index >= 15 is 0 Å². The van der Waals surface area contributed by atoms with Gasteiger partial charge in [0, 0.05) is 6.61 Å². The SMILES string of the molecule is CCOC(C)(CC)c1noc(C2C(C(=O)O)C2(C)C)n1. The molecule has 1 saturated carbocycles. The summed E-state index contributed by atoms with van der Waals surface area (Å²) in [5, 5.41) is 13.2. The number of aliphatic carboxylic acids is 1. The van der Waals surface area contributed by atoms with Crippen molar-refractivity contribution in [2.24, 2.45) is 11.3 Å². The molecule has 0 radical (unpaired) electrons. The van der Waals surface area contributed by atoms with Gasteiger partial charge in [0.25, 0.3) is 0 Å². The number of hydrogen-bond acceptors (Lipinski definition) is 5. The number of carboxylic acid groups (broad SMARTS) is 1. The van der Waals surface area contributed by atoms with E-state index in [1.807, 2.05) is 34.6 Å². The zero-order valence-corrected chi connectivity index (χ0v) is 12.6. The van der Waals surface area contributed by atoms with Gasteiger partial charge in [-0.25, -0.2) is 0 Å². The molecule has 0 amide bonds. The molecule has 1 N–H and O–H groups in total. The Bertz CT molecular complexity index is 511. The number of rotatable bonds is 6. The molecule has 0 aliphatic heterocycles. The molecule has 6 nitrogen and oxygen atoms in total. The highest BCUT2D eigenvalue weighted by atomic mass is 16.5. The molecule has 3 atom stereocenters. The summed E-state index contributed by atoms with van der Waals surface area (Å²) < 4.78 is 11.0. The first-order valence-electron chi connectivity index (χ1n) is 6.98. The number of hydrogen-bond donors (Lipinski definition) is 1. The summed E-state index contributed by atoms with van der Waals surface area (Å²) >= 11 is 0. The Balaban J connectivity index is 2.24. The van der Waals surface area contributed by atoms with E-state index < -0.39 is 17.5 Å². The van der Waals surface area contributed by atoms with Gasteiger partial charge in [-0.1, -0.05) is 25.9 Å². The molecule has 1 aromatic rings. The minimum absolute atomic E-state index is 0.219. The van der Waals surface area contributed by atoms with Crippen molar-refractivity contribution >= 4 is 5.97 Å². The monoisotopic (exact) mass is 282 g/mol. The summed E-state index contributed by atoms with van der Waals surface area (Å²) in [6, 6.07) is 0. The van der Waals surface area contributed by atoms with Crippen LogP contribution in [-0.2, 0) is 15.1 Å². The Labute approximate surface area is 118 Å². The van der Waals surface area contributed by atoms with Crippen molar-refractivity contribution in [2.45, 2.75) is 52.6 Å². The molecule has 0 aromatic carbocycles. The maximum atomic E-state index is 11.2. The molecule has 3 unspecified atom stereocenters. The van der Waals surface area contributed by atoms with Crippen LogP contribution >= 0.6 is 0 Å². The molecule has 6 heteroatoms. The zero-order chi connectivity index (χ0) is 15.1. The lowest BCUT2D eigenvalue weighted by Gasteiger charge is -2.23. The quantitative estimate of drug-likeness (QED) is 0.863. The summed E-state index contributed by atoms with van der Waals surface area (Å²) in [5.41, 5.74) is -0.932. The summed E-state index contributed by atoms with van der Waals surface area (Å²) in [5.74, 6) is -0.608. The Morgan fingerprint density at radius 1 is 1.50 bits per heavy atom. The first-order chi connectivity index (χ1) is 9.28. The number of aromatic nitrogens is 2. The predicted octanol–water partition coefficient (Wildman–Crippen LogP) is 2.56. The second-order valence-corrected chi connectivity index (χ2v) is 6.09. The average molecular weight is 282 g/mol. The van der Waals surface area contributed by atoms with E-state index in [-0.39, 0.29) is 11.3 Å². The molecular formula is C14H22N2O4. The lowest BCUT2D eigenvalue weighted by Crippen LogP contribution is -2.26. The molecule has 2 rings (SSSR count). The third-order valence-electron chi connectivity index (χ3n) is 4.41. The van der Waals surface area contributed by atoms with Gasteiger partial charge >= 0.3 is 5.97 Å². The van der Waals surface area contributed by atoms with Crippen LogP contribution in [0.15, 0.2) is 4.52 Å². The van der Waals surface area contributed by atoms with Crippen LogP contribution in [0.2, 0.25) is 0 Å². The van der Waals surface area contributed by atoms with E-state index in [1.165, 1.54) is 0 Å². The minimum atomic E-state index is -0.817. The second-order valence-electron chi connectivity index (χ2n) is 6.09. The summed E-state index contributed by atoms with van der Waals surface area (Å²) in [7, 11) is 0. The van der Waals surface area contributed by atoms with Crippen LogP contribution in [0, 0.1) is 11.3 Å². The van der Waals surface area contributed by atoms with Gasteiger partial charge in [0.05, 0.1) is 11.8 Å². The highest BCUT2D eigenvalue weighted by Crippen LogP contribution is 2.64. The number of carboxylic acids is 1. The number of nitrogens with zero attached hydrogens (tertiary/aromatic N) is 2. The number of ether oxygens (including phenoxy) is 1. The Morgan fingerprint density at radius 3 is 2.60 bits per heavy atom. The van der Waals surface area contributed by atoms with Gasteiger partial charge in [-0.3, -0.25) is 4.79 Å². The molecule has 0 saturated heterocycles. The molecule has 1 heterocycles. The zero-order valence-electron chi connectivity index (χ0n) is 12.6. The summed E-state index contributed by atoms with van der Waals surface area (Å²) in [4.78, 5) is 15.6. The van der Waals surface area contributed by atoms with Gasteiger partial charge in [0.2, 0.25) is 11.7 Å². The van der Waals surface area contributed by atoms with Crippen LogP contribution in [0.3, 0.4) is 0 Å². The van der Waals surface area contributed by atoms with E-state index in [1.54, 1.807) is 0 Å². The van der Waals surface area contributed by atoms with Crippen molar-refractivity contribution in [3.05, 3.63) is 11.7 Å².